The Morgan fingerprint density at radius 2 is 1.83 bits per heavy atom. The Kier molecular flexibility index (Phi) is 5.91. The van der Waals surface area contributed by atoms with Gasteiger partial charge in [0.15, 0.2) is 5.11 Å². The highest BCUT2D eigenvalue weighted by atomic mass is 32.1. The fourth-order valence-electron chi connectivity index (χ4n) is 4.59. The summed E-state index contributed by atoms with van der Waals surface area (Å²) in [5, 5.41) is 4.39. The van der Waals surface area contributed by atoms with Gasteiger partial charge in [-0.25, -0.2) is 0 Å². The van der Waals surface area contributed by atoms with Crippen LogP contribution in [0.2, 0.25) is 0 Å². The van der Waals surface area contributed by atoms with E-state index in [0.717, 1.165) is 30.2 Å². The van der Waals surface area contributed by atoms with Crippen LogP contribution in [-0.4, -0.2) is 26.1 Å². The molecule has 0 amide bonds. The van der Waals surface area contributed by atoms with Gasteiger partial charge in [-0.2, -0.15) is 0 Å². The van der Waals surface area contributed by atoms with Crippen molar-refractivity contribution in [3.05, 3.63) is 82.9 Å². The Hall–Kier alpha value is -2.66. The van der Waals surface area contributed by atoms with Crippen LogP contribution in [0.5, 0.6) is 0 Å². The number of aryl methyl sites for hydroxylation is 2. The van der Waals surface area contributed by atoms with Crippen molar-refractivity contribution in [1.82, 2.24) is 19.8 Å². The zero-order chi connectivity index (χ0) is 21.3. The lowest BCUT2D eigenvalue weighted by molar-refractivity contribution is 0.312. The molecule has 1 aromatic carbocycles. The number of pyridine rings is 1. The van der Waals surface area contributed by atoms with E-state index in [9.17, 15) is 0 Å². The second-order valence-corrected chi connectivity index (χ2v) is 8.51. The molecule has 0 spiro atoms. The third-order valence-corrected chi connectivity index (χ3v) is 6.45. The van der Waals surface area contributed by atoms with Crippen molar-refractivity contribution in [3.63, 3.8) is 0 Å². The molecule has 2 atom stereocenters. The molecule has 4 rings (SSSR count). The summed E-state index contributed by atoms with van der Waals surface area (Å²) in [4.78, 5) is 7.02. The minimum atomic E-state index is 0.0429. The van der Waals surface area contributed by atoms with E-state index in [-0.39, 0.29) is 12.1 Å². The van der Waals surface area contributed by atoms with Gasteiger partial charge in [0, 0.05) is 29.8 Å². The van der Waals surface area contributed by atoms with Gasteiger partial charge in [-0.05, 0) is 74.8 Å². The molecule has 0 bridgehead atoms. The van der Waals surface area contributed by atoms with Crippen molar-refractivity contribution in [1.29, 1.82) is 0 Å². The lowest BCUT2D eigenvalue weighted by atomic mass is 9.96. The number of nitrogens with zero attached hydrogens (tertiary/aromatic N) is 3. The third-order valence-electron chi connectivity index (χ3n) is 6.10. The molecule has 3 aromatic rings. The first-order valence-corrected chi connectivity index (χ1v) is 11.2. The fourth-order valence-corrected chi connectivity index (χ4v) is 4.92. The van der Waals surface area contributed by atoms with Crippen LogP contribution >= 0.6 is 12.2 Å². The normalized spacial score (nSPS) is 18.7. The fraction of sp³-hybridized carbons (Fsp3) is 0.360. The number of rotatable bonds is 6. The summed E-state index contributed by atoms with van der Waals surface area (Å²) in [5.41, 5.74) is 7.36. The van der Waals surface area contributed by atoms with Crippen LogP contribution in [0.3, 0.4) is 0 Å². The van der Waals surface area contributed by atoms with Crippen LogP contribution in [0.25, 0.3) is 5.69 Å². The van der Waals surface area contributed by atoms with E-state index >= 15 is 0 Å². The molecule has 4 nitrogen and oxygen atoms in total. The Labute approximate surface area is 184 Å². The number of aromatic nitrogens is 2. The summed E-state index contributed by atoms with van der Waals surface area (Å²) in [5.74, 6) is 0. The largest absolute Gasteiger partial charge is 0.352 e. The molecular formula is C25H30N4S. The first kappa shape index (κ1) is 20.6. The Morgan fingerprint density at radius 1 is 1.07 bits per heavy atom. The van der Waals surface area contributed by atoms with Crippen LogP contribution in [0, 0.1) is 20.8 Å². The zero-order valence-electron chi connectivity index (χ0n) is 18.2. The van der Waals surface area contributed by atoms with Gasteiger partial charge in [-0.1, -0.05) is 37.6 Å². The van der Waals surface area contributed by atoms with Crippen molar-refractivity contribution in [2.45, 2.75) is 52.6 Å². The quantitative estimate of drug-likeness (QED) is 0.531. The number of nitrogens with one attached hydrogen (secondary N) is 1. The Morgan fingerprint density at radius 3 is 2.53 bits per heavy atom. The third kappa shape index (κ3) is 3.63. The highest BCUT2D eigenvalue weighted by Crippen LogP contribution is 2.41. The van der Waals surface area contributed by atoms with E-state index < -0.39 is 0 Å². The molecule has 2 aromatic heterocycles. The van der Waals surface area contributed by atoms with Crippen LogP contribution in [-0.2, 0) is 0 Å². The monoisotopic (exact) mass is 418 g/mol. The van der Waals surface area contributed by atoms with Gasteiger partial charge in [-0.3, -0.25) is 4.98 Å². The maximum atomic E-state index is 5.79. The summed E-state index contributed by atoms with van der Waals surface area (Å²) in [6.07, 6.45) is 4.12. The van der Waals surface area contributed by atoms with Crippen molar-refractivity contribution in [2.75, 3.05) is 6.54 Å². The van der Waals surface area contributed by atoms with E-state index in [4.69, 9.17) is 12.2 Å². The molecule has 30 heavy (non-hydrogen) atoms. The van der Waals surface area contributed by atoms with Crippen molar-refractivity contribution in [3.8, 4) is 5.69 Å². The maximum absolute atomic E-state index is 5.79. The summed E-state index contributed by atoms with van der Waals surface area (Å²) in [7, 11) is 0. The maximum Gasteiger partial charge on any atom is 0.170 e. The SMILES string of the molecule is CCCCN1C(=S)NC(c2ccccn2)C1c1cc(C)n(-c2ccccc2C)c1C. The highest BCUT2D eigenvalue weighted by Gasteiger charge is 2.41. The minimum Gasteiger partial charge on any atom is -0.352 e. The summed E-state index contributed by atoms with van der Waals surface area (Å²) < 4.78 is 2.37. The molecule has 0 radical (unpaired) electrons. The number of unbranched alkanes of at least 4 members (excludes halogenated alkanes) is 1. The van der Waals surface area contributed by atoms with E-state index in [0.29, 0.717) is 0 Å². The van der Waals surface area contributed by atoms with E-state index in [1.165, 1.54) is 28.2 Å². The molecule has 0 aliphatic carbocycles. The summed E-state index contributed by atoms with van der Waals surface area (Å²) in [6, 6.07) is 17.2. The van der Waals surface area contributed by atoms with E-state index in [1.54, 1.807) is 0 Å². The lowest BCUT2D eigenvalue weighted by Gasteiger charge is -2.28. The second kappa shape index (κ2) is 8.60. The van der Waals surface area contributed by atoms with Gasteiger partial charge in [0.05, 0.1) is 17.8 Å². The van der Waals surface area contributed by atoms with Crippen LogP contribution in [0.15, 0.2) is 54.7 Å². The number of hydrogen-bond acceptors (Lipinski definition) is 2. The molecule has 156 valence electrons. The topological polar surface area (TPSA) is 33.1 Å². The molecule has 1 aliphatic heterocycles. The summed E-state index contributed by atoms with van der Waals surface area (Å²) >= 11 is 5.79. The standard InChI is InChI=1S/C25H30N4S/c1-5-6-15-28-24(23(27-25(28)30)21-12-9-10-14-26-21)20-16-18(3)29(19(20)4)22-13-8-7-11-17(22)2/h7-14,16,23-24H,5-6,15H2,1-4H3,(H,27,30). The van der Waals surface area contributed by atoms with Crippen LogP contribution < -0.4 is 5.32 Å². The van der Waals surface area contributed by atoms with Gasteiger partial charge >= 0.3 is 0 Å². The number of para-hydroxylation sites is 1. The molecule has 1 saturated heterocycles. The molecule has 1 aliphatic rings. The van der Waals surface area contributed by atoms with Crippen LogP contribution in [0.1, 0.15) is 60.1 Å². The van der Waals surface area contributed by atoms with E-state index in [1.807, 2.05) is 12.3 Å². The molecule has 2 unspecified atom stereocenters. The number of thiocarbonyl (C=S) groups is 1. The first-order valence-electron chi connectivity index (χ1n) is 10.8. The zero-order valence-corrected chi connectivity index (χ0v) is 19.0. The van der Waals surface area contributed by atoms with Gasteiger partial charge in [0.2, 0.25) is 0 Å². The van der Waals surface area contributed by atoms with Gasteiger partial charge in [-0.15, -0.1) is 0 Å². The molecule has 1 fully saturated rings. The Bertz CT molecular complexity index is 1040. The van der Waals surface area contributed by atoms with Crippen molar-refractivity contribution >= 4 is 17.3 Å². The highest BCUT2D eigenvalue weighted by molar-refractivity contribution is 7.80. The predicted octanol–water partition coefficient (Wildman–Crippen LogP) is 5.57. The van der Waals surface area contributed by atoms with Gasteiger partial charge in [0.1, 0.15) is 0 Å². The molecule has 0 saturated carbocycles. The average Bonchev–Trinajstić information content (AvgIpc) is 3.23. The lowest BCUT2D eigenvalue weighted by Crippen LogP contribution is -2.30. The predicted molar refractivity (Wildman–Crippen MR) is 127 cm³/mol. The van der Waals surface area contributed by atoms with Gasteiger partial charge < -0.3 is 14.8 Å². The minimum absolute atomic E-state index is 0.0429. The van der Waals surface area contributed by atoms with Crippen molar-refractivity contribution < 1.29 is 0 Å². The molecular weight excluding hydrogens is 388 g/mol. The van der Waals surface area contributed by atoms with Gasteiger partial charge in [0.25, 0.3) is 0 Å². The molecule has 1 N–H and O–H groups in total. The van der Waals surface area contributed by atoms with Crippen LogP contribution in [0.4, 0.5) is 0 Å². The molecule has 3 heterocycles. The summed E-state index contributed by atoms with van der Waals surface area (Å²) in [6.45, 7) is 9.76. The van der Waals surface area contributed by atoms with Crippen molar-refractivity contribution in [2.24, 2.45) is 0 Å². The smallest absolute Gasteiger partial charge is 0.170 e. The number of hydrogen-bond donors (Lipinski definition) is 1. The Balaban J connectivity index is 1.83. The van der Waals surface area contributed by atoms with E-state index in [2.05, 4.69) is 89.9 Å². The molecule has 5 heteroatoms. The second-order valence-electron chi connectivity index (χ2n) is 8.12. The average molecular weight is 419 g/mol. The first-order chi connectivity index (χ1) is 14.5. The number of benzene rings is 1.